The van der Waals surface area contributed by atoms with Crippen molar-refractivity contribution in [1.29, 1.82) is 0 Å². The third kappa shape index (κ3) is 43.5. The molecule has 0 heterocycles. The van der Waals surface area contributed by atoms with Crippen molar-refractivity contribution in [1.82, 2.24) is 0 Å². The zero-order valence-electron chi connectivity index (χ0n) is 36.1. The number of aliphatic hydroxyl groups excluding tert-OH is 1. The molecule has 0 unspecified atom stereocenters. The molecule has 0 aliphatic rings. The van der Waals surface area contributed by atoms with Crippen molar-refractivity contribution in [2.45, 2.75) is 283 Å². The van der Waals surface area contributed by atoms with E-state index >= 15 is 0 Å². The van der Waals surface area contributed by atoms with Crippen LogP contribution in [0.4, 0.5) is 0 Å². The molecule has 5 nitrogen and oxygen atoms in total. The highest BCUT2D eigenvalue weighted by Gasteiger charge is 2.16. The van der Waals surface area contributed by atoms with E-state index in [4.69, 9.17) is 9.47 Å². The summed E-state index contributed by atoms with van der Waals surface area (Å²) in [5.41, 5.74) is 0. The molecule has 0 fully saturated rings. The molecule has 0 aromatic rings. The molecule has 316 valence electrons. The summed E-state index contributed by atoms with van der Waals surface area (Å²) in [5, 5.41) is 9.60. The minimum Gasteiger partial charge on any atom is -0.462 e. The third-order valence-corrected chi connectivity index (χ3v) is 11.2. The Morgan fingerprint density at radius 3 is 0.830 bits per heavy atom. The maximum Gasteiger partial charge on any atom is 0.306 e. The van der Waals surface area contributed by atoms with Gasteiger partial charge in [0.05, 0.1) is 6.61 Å². The van der Waals surface area contributed by atoms with Gasteiger partial charge in [-0.25, -0.2) is 0 Å². The van der Waals surface area contributed by atoms with Crippen LogP contribution in [0, 0.1) is 0 Å². The minimum atomic E-state index is -0.762. The molecule has 0 radical (unpaired) electrons. The number of ether oxygens (including phenoxy) is 2. The van der Waals surface area contributed by atoms with Crippen molar-refractivity contribution in [3.63, 3.8) is 0 Å². The smallest absolute Gasteiger partial charge is 0.306 e. The Morgan fingerprint density at radius 2 is 0.585 bits per heavy atom. The van der Waals surface area contributed by atoms with Crippen LogP contribution in [0.25, 0.3) is 0 Å². The number of aliphatic hydroxyl groups is 1. The first kappa shape index (κ1) is 51.9. The lowest BCUT2D eigenvalue weighted by atomic mass is 10.0. The Balaban J connectivity index is 3.44. The second-order valence-electron chi connectivity index (χ2n) is 16.6. The van der Waals surface area contributed by atoms with E-state index in [0.717, 1.165) is 32.1 Å². The van der Waals surface area contributed by atoms with Gasteiger partial charge in [0.15, 0.2) is 6.10 Å². The van der Waals surface area contributed by atoms with E-state index in [1.807, 2.05) is 0 Å². The number of hydrogen-bond donors (Lipinski definition) is 1. The SMILES string of the molecule is CCCCCCCCCCCCCCCCCCCCCCC(=O)O[C@@H](CO)COC(=O)CCCCCCCCCCCCCCCCCCCCC. The van der Waals surface area contributed by atoms with E-state index < -0.39 is 6.10 Å². The topological polar surface area (TPSA) is 72.8 Å². The molecule has 0 aromatic heterocycles. The average Bonchev–Trinajstić information content (AvgIpc) is 3.16. The van der Waals surface area contributed by atoms with Gasteiger partial charge >= 0.3 is 11.9 Å². The normalized spacial score (nSPS) is 12.0. The molecule has 5 heteroatoms. The quantitative estimate of drug-likeness (QED) is 0.0495. The fraction of sp³-hybridized carbons (Fsp3) is 0.958. The molecule has 0 aromatic carbocycles. The Bertz CT molecular complexity index is 725. The van der Waals surface area contributed by atoms with Gasteiger partial charge in [-0.05, 0) is 12.8 Å². The van der Waals surface area contributed by atoms with E-state index in [0.29, 0.717) is 12.8 Å². The van der Waals surface area contributed by atoms with E-state index in [1.54, 1.807) is 0 Å². The summed E-state index contributed by atoms with van der Waals surface area (Å²) in [6.45, 7) is 4.19. The van der Waals surface area contributed by atoms with Crippen LogP contribution >= 0.6 is 0 Å². The molecule has 0 amide bonds. The summed E-state index contributed by atoms with van der Waals surface area (Å²) in [6, 6.07) is 0. The second-order valence-corrected chi connectivity index (χ2v) is 16.6. The highest BCUT2D eigenvalue weighted by atomic mass is 16.6. The van der Waals surface area contributed by atoms with Crippen molar-refractivity contribution in [3.8, 4) is 0 Å². The summed E-state index contributed by atoms with van der Waals surface area (Å²) >= 11 is 0. The summed E-state index contributed by atoms with van der Waals surface area (Å²) in [5.74, 6) is -0.568. The van der Waals surface area contributed by atoms with Crippen molar-refractivity contribution >= 4 is 11.9 Å². The van der Waals surface area contributed by atoms with Gasteiger partial charge in [0, 0.05) is 12.8 Å². The van der Waals surface area contributed by atoms with Crippen LogP contribution in [0.5, 0.6) is 0 Å². The van der Waals surface area contributed by atoms with Crippen LogP contribution < -0.4 is 0 Å². The minimum absolute atomic E-state index is 0.0561. The molecule has 53 heavy (non-hydrogen) atoms. The lowest BCUT2D eigenvalue weighted by Crippen LogP contribution is -2.28. The predicted molar refractivity (Wildman–Crippen MR) is 229 cm³/mol. The summed E-state index contributed by atoms with van der Waals surface area (Å²) in [4.78, 5) is 24.4. The highest BCUT2D eigenvalue weighted by molar-refractivity contribution is 5.70. The number of carbonyl (C=O) groups excluding carboxylic acids is 2. The summed E-state index contributed by atoms with van der Waals surface area (Å²) in [6.07, 6.45) is 51.9. The Kier molecular flexibility index (Phi) is 44.4. The zero-order chi connectivity index (χ0) is 38.6. The lowest BCUT2D eigenvalue weighted by Gasteiger charge is -2.15. The van der Waals surface area contributed by atoms with Gasteiger partial charge in [-0.1, -0.05) is 251 Å². The molecule has 0 saturated heterocycles. The van der Waals surface area contributed by atoms with Crippen LogP contribution in [0.2, 0.25) is 0 Å². The Morgan fingerprint density at radius 1 is 0.358 bits per heavy atom. The lowest BCUT2D eigenvalue weighted by molar-refractivity contribution is -0.161. The van der Waals surface area contributed by atoms with E-state index in [9.17, 15) is 14.7 Å². The van der Waals surface area contributed by atoms with Crippen LogP contribution in [-0.4, -0.2) is 36.4 Å². The number of carbonyl (C=O) groups is 2. The van der Waals surface area contributed by atoms with Crippen LogP contribution in [0.3, 0.4) is 0 Å². The summed E-state index contributed by atoms with van der Waals surface area (Å²) < 4.78 is 10.7. The second kappa shape index (κ2) is 45.3. The maximum atomic E-state index is 12.2. The van der Waals surface area contributed by atoms with Crippen molar-refractivity contribution in [2.24, 2.45) is 0 Å². The largest absolute Gasteiger partial charge is 0.462 e. The van der Waals surface area contributed by atoms with Gasteiger partial charge in [-0.2, -0.15) is 0 Å². The molecule has 0 saturated carbocycles. The fourth-order valence-electron chi connectivity index (χ4n) is 7.50. The standard InChI is InChI=1S/C48H94O5/c1-3-5-7-9-11-13-15-17-19-21-23-25-27-29-31-33-35-37-39-41-43-48(51)53-46(44-49)45-52-47(50)42-40-38-36-34-32-30-28-26-24-22-20-18-16-14-12-10-8-6-4-2/h46,49H,3-45H2,1-2H3/t46-/m0/s1. The molecule has 0 aliphatic heterocycles. The fourth-order valence-corrected chi connectivity index (χ4v) is 7.50. The van der Waals surface area contributed by atoms with E-state index in [-0.39, 0.29) is 25.2 Å². The Labute approximate surface area is 331 Å². The number of esters is 2. The van der Waals surface area contributed by atoms with Gasteiger partial charge in [0.25, 0.3) is 0 Å². The van der Waals surface area contributed by atoms with Crippen LogP contribution in [0.15, 0.2) is 0 Å². The summed E-state index contributed by atoms with van der Waals surface area (Å²) in [7, 11) is 0. The van der Waals surface area contributed by atoms with Gasteiger partial charge in [-0.3, -0.25) is 9.59 Å². The average molecular weight is 751 g/mol. The predicted octanol–water partition coefficient (Wildman–Crippen LogP) is 15.5. The third-order valence-electron chi connectivity index (χ3n) is 11.2. The van der Waals surface area contributed by atoms with Gasteiger partial charge in [0.2, 0.25) is 0 Å². The van der Waals surface area contributed by atoms with Crippen LogP contribution in [0.1, 0.15) is 277 Å². The monoisotopic (exact) mass is 751 g/mol. The molecule has 1 atom stereocenters. The molecular formula is C48H94O5. The first-order valence-electron chi connectivity index (χ1n) is 24.1. The van der Waals surface area contributed by atoms with E-state index in [2.05, 4.69) is 13.8 Å². The first-order valence-corrected chi connectivity index (χ1v) is 24.1. The molecular weight excluding hydrogens is 657 g/mol. The molecule has 0 rings (SSSR count). The van der Waals surface area contributed by atoms with Gasteiger partial charge in [-0.15, -0.1) is 0 Å². The number of rotatable bonds is 45. The molecule has 0 aliphatic carbocycles. The van der Waals surface area contributed by atoms with Crippen molar-refractivity contribution in [3.05, 3.63) is 0 Å². The molecule has 0 bridgehead atoms. The molecule has 1 N–H and O–H groups in total. The maximum absolute atomic E-state index is 12.2. The van der Waals surface area contributed by atoms with Crippen molar-refractivity contribution in [2.75, 3.05) is 13.2 Å². The number of unbranched alkanes of at least 4 members (excludes halogenated alkanes) is 37. The van der Waals surface area contributed by atoms with Gasteiger partial charge in [0.1, 0.15) is 6.61 Å². The Hall–Kier alpha value is -1.10. The van der Waals surface area contributed by atoms with E-state index in [1.165, 1.54) is 218 Å². The van der Waals surface area contributed by atoms with Gasteiger partial charge < -0.3 is 14.6 Å². The highest BCUT2D eigenvalue weighted by Crippen LogP contribution is 2.17. The zero-order valence-corrected chi connectivity index (χ0v) is 36.1. The molecule has 0 spiro atoms. The number of hydrogen-bond acceptors (Lipinski definition) is 5. The first-order chi connectivity index (χ1) is 26.1. The van der Waals surface area contributed by atoms with Crippen molar-refractivity contribution < 1.29 is 24.2 Å². The van der Waals surface area contributed by atoms with Crippen LogP contribution in [-0.2, 0) is 19.1 Å².